The molecule has 1 unspecified atom stereocenters. The van der Waals surface area contributed by atoms with Crippen LogP contribution in [0, 0.1) is 12.7 Å². The van der Waals surface area contributed by atoms with Gasteiger partial charge in [0.15, 0.2) is 0 Å². The molecule has 0 radical (unpaired) electrons. The van der Waals surface area contributed by atoms with Crippen LogP contribution in [0.25, 0.3) is 0 Å². The van der Waals surface area contributed by atoms with Gasteiger partial charge in [-0.3, -0.25) is 4.79 Å². The fourth-order valence-corrected chi connectivity index (χ4v) is 2.21. The molecule has 0 aliphatic heterocycles. The zero-order valence-corrected chi connectivity index (χ0v) is 11.0. The summed E-state index contributed by atoms with van der Waals surface area (Å²) in [4.78, 5) is 11.5. The molecule has 0 aromatic heterocycles. The van der Waals surface area contributed by atoms with E-state index < -0.39 is 11.9 Å². The average molecular weight is 279 g/mol. The SMILES string of the molecule is Cc1cc(C(C(=O)O)c2cccc(Cl)c2)ccc1F. The van der Waals surface area contributed by atoms with Crippen LogP contribution in [-0.4, -0.2) is 11.1 Å². The summed E-state index contributed by atoms with van der Waals surface area (Å²) in [7, 11) is 0. The summed E-state index contributed by atoms with van der Waals surface area (Å²) < 4.78 is 13.3. The molecule has 0 spiro atoms. The van der Waals surface area contributed by atoms with Gasteiger partial charge in [0.1, 0.15) is 11.7 Å². The Morgan fingerprint density at radius 3 is 2.47 bits per heavy atom. The molecule has 0 saturated heterocycles. The van der Waals surface area contributed by atoms with E-state index >= 15 is 0 Å². The molecule has 0 aliphatic carbocycles. The molecule has 2 rings (SSSR count). The molecule has 4 heteroatoms. The second kappa shape index (κ2) is 5.41. The summed E-state index contributed by atoms with van der Waals surface area (Å²) in [5, 5.41) is 9.87. The van der Waals surface area contributed by atoms with Crippen LogP contribution in [0.15, 0.2) is 42.5 Å². The fourth-order valence-electron chi connectivity index (χ4n) is 2.01. The van der Waals surface area contributed by atoms with Gasteiger partial charge in [0.05, 0.1) is 0 Å². The van der Waals surface area contributed by atoms with Crippen LogP contribution in [0.4, 0.5) is 4.39 Å². The highest BCUT2D eigenvalue weighted by molar-refractivity contribution is 6.30. The third-order valence-electron chi connectivity index (χ3n) is 2.94. The lowest BCUT2D eigenvalue weighted by Crippen LogP contribution is -2.13. The van der Waals surface area contributed by atoms with E-state index in [0.29, 0.717) is 21.7 Å². The molecule has 2 aromatic carbocycles. The Kier molecular flexibility index (Phi) is 3.86. The van der Waals surface area contributed by atoms with Crippen LogP contribution in [0.3, 0.4) is 0 Å². The number of carboxylic acid groups (broad SMARTS) is 1. The number of hydrogen-bond acceptors (Lipinski definition) is 1. The lowest BCUT2D eigenvalue weighted by atomic mass is 9.90. The van der Waals surface area contributed by atoms with Crippen LogP contribution in [0.5, 0.6) is 0 Å². The minimum atomic E-state index is -0.992. The lowest BCUT2D eigenvalue weighted by molar-refractivity contribution is -0.137. The van der Waals surface area contributed by atoms with Gasteiger partial charge in [-0.1, -0.05) is 35.9 Å². The van der Waals surface area contributed by atoms with Gasteiger partial charge in [-0.25, -0.2) is 4.39 Å². The number of benzene rings is 2. The largest absolute Gasteiger partial charge is 0.481 e. The van der Waals surface area contributed by atoms with Crippen molar-refractivity contribution in [3.05, 3.63) is 70.0 Å². The molecule has 1 atom stereocenters. The maximum absolute atomic E-state index is 13.3. The number of aliphatic carboxylic acids is 1. The Morgan fingerprint density at radius 2 is 1.89 bits per heavy atom. The van der Waals surface area contributed by atoms with E-state index in [1.165, 1.54) is 12.1 Å². The van der Waals surface area contributed by atoms with E-state index in [4.69, 9.17) is 11.6 Å². The summed E-state index contributed by atoms with van der Waals surface area (Å²) in [6.07, 6.45) is 0. The Morgan fingerprint density at radius 1 is 1.21 bits per heavy atom. The first-order valence-corrected chi connectivity index (χ1v) is 6.11. The Balaban J connectivity index is 2.51. The van der Waals surface area contributed by atoms with E-state index in [1.54, 1.807) is 37.3 Å². The zero-order chi connectivity index (χ0) is 14.0. The van der Waals surface area contributed by atoms with Gasteiger partial charge in [-0.05, 0) is 41.8 Å². The van der Waals surface area contributed by atoms with Crippen molar-refractivity contribution in [1.29, 1.82) is 0 Å². The lowest BCUT2D eigenvalue weighted by Gasteiger charge is -2.14. The smallest absolute Gasteiger partial charge is 0.315 e. The standard InChI is InChI=1S/C15H12ClFO2/c1-9-7-11(5-6-13(9)17)14(15(18)19)10-3-2-4-12(16)8-10/h2-8,14H,1H3,(H,18,19). The van der Waals surface area contributed by atoms with E-state index in [-0.39, 0.29) is 5.82 Å². The van der Waals surface area contributed by atoms with Crippen molar-refractivity contribution in [2.24, 2.45) is 0 Å². The third-order valence-corrected chi connectivity index (χ3v) is 3.18. The van der Waals surface area contributed by atoms with Gasteiger partial charge >= 0.3 is 5.97 Å². The first-order valence-electron chi connectivity index (χ1n) is 5.73. The molecular formula is C15H12ClFO2. The second-order valence-corrected chi connectivity index (χ2v) is 4.77. The van der Waals surface area contributed by atoms with Crippen molar-refractivity contribution in [2.75, 3.05) is 0 Å². The molecule has 0 amide bonds. The molecule has 1 N–H and O–H groups in total. The molecule has 0 bridgehead atoms. The molecule has 0 fully saturated rings. The van der Waals surface area contributed by atoms with Gasteiger partial charge in [0.2, 0.25) is 0 Å². The van der Waals surface area contributed by atoms with Crippen LogP contribution < -0.4 is 0 Å². The molecular weight excluding hydrogens is 267 g/mol. The topological polar surface area (TPSA) is 37.3 Å². The van der Waals surface area contributed by atoms with Crippen LogP contribution in [0.2, 0.25) is 5.02 Å². The summed E-state index contributed by atoms with van der Waals surface area (Å²) in [5.41, 5.74) is 1.53. The minimum absolute atomic E-state index is 0.348. The Hall–Kier alpha value is -1.87. The number of carbonyl (C=O) groups is 1. The predicted molar refractivity (Wildman–Crippen MR) is 72.1 cm³/mol. The molecule has 0 aliphatic rings. The number of carboxylic acids is 1. The van der Waals surface area contributed by atoms with E-state index in [1.807, 2.05) is 0 Å². The molecule has 2 aromatic rings. The van der Waals surface area contributed by atoms with Crippen molar-refractivity contribution in [3.8, 4) is 0 Å². The van der Waals surface area contributed by atoms with E-state index in [0.717, 1.165) is 0 Å². The van der Waals surface area contributed by atoms with Gasteiger partial charge < -0.3 is 5.11 Å². The summed E-state index contributed by atoms with van der Waals surface area (Å²) in [5.74, 6) is -2.19. The molecule has 2 nitrogen and oxygen atoms in total. The number of aryl methyl sites for hydroxylation is 1. The molecule has 0 heterocycles. The number of halogens is 2. The zero-order valence-electron chi connectivity index (χ0n) is 10.2. The van der Waals surface area contributed by atoms with E-state index in [9.17, 15) is 14.3 Å². The van der Waals surface area contributed by atoms with Gasteiger partial charge in [-0.2, -0.15) is 0 Å². The fraction of sp³-hybridized carbons (Fsp3) is 0.133. The summed E-state index contributed by atoms with van der Waals surface area (Å²) in [6.45, 7) is 1.61. The van der Waals surface area contributed by atoms with Crippen molar-refractivity contribution >= 4 is 17.6 Å². The summed E-state index contributed by atoms with van der Waals surface area (Å²) >= 11 is 5.88. The van der Waals surface area contributed by atoms with Gasteiger partial charge in [0, 0.05) is 5.02 Å². The Bertz CT molecular complexity index is 625. The minimum Gasteiger partial charge on any atom is -0.481 e. The highest BCUT2D eigenvalue weighted by Gasteiger charge is 2.22. The van der Waals surface area contributed by atoms with Crippen molar-refractivity contribution < 1.29 is 14.3 Å². The first-order chi connectivity index (χ1) is 8.99. The quantitative estimate of drug-likeness (QED) is 0.921. The van der Waals surface area contributed by atoms with Crippen LogP contribution in [-0.2, 0) is 4.79 Å². The van der Waals surface area contributed by atoms with Crippen LogP contribution in [0.1, 0.15) is 22.6 Å². The molecule has 98 valence electrons. The highest BCUT2D eigenvalue weighted by Crippen LogP contribution is 2.28. The van der Waals surface area contributed by atoms with Gasteiger partial charge in [-0.15, -0.1) is 0 Å². The number of rotatable bonds is 3. The van der Waals surface area contributed by atoms with Crippen molar-refractivity contribution in [2.45, 2.75) is 12.8 Å². The normalized spacial score (nSPS) is 12.2. The maximum Gasteiger partial charge on any atom is 0.315 e. The van der Waals surface area contributed by atoms with E-state index in [2.05, 4.69) is 0 Å². The van der Waals surface area contributed by atoms with Crippen LogP contribution >= 0.6 is 11.6 Å². The third kappa shape index (κ3) is 2.93. The van der Waals surface area contributed by atoms with Crippen molar-refractivity contribution in [1.82, 2.24) is 0 Å². The average Bonchev–Trinajstić information content (AvgIpc) is 2.33. The predicted octanol–water partition coefficient (Wildman–Crippen LogP) is 4.00. The summed E-state index contributed by atoms with van der Waals surface area (Å²) in [6, 6.07) is 11.0. The number of hydrogen-bond donors (Lipinski definition) is 1. The molecule has 0 saturated carbocycles. The van der Waals surface area contributed by atoms with Gasteiger partial charge in [0.25, 0.3) is 0 Å². The maximum atomic E-state index is 13.3. The first kappa shape index (κ1) is 13.6. The second-order valence-electron chi connectivity index (χ2n) is 4.33. The van der Waals surface area contributed by atoms with Crippen molar-refractivity contribution in [3.63, 3.8) is 0 Å². The monoisotopic (exact) mass is 278 g/mol. The molecule has 19 heavy (non-hydrogen) atoms. The highest BCUT2D eigenvalue weighted by atomic mass is 35.5. The Labute approximate surface area is 115 Å².